The van der Waals surface area contributed by atoms with Gasteiger partial charge in [0.1, 0.15) is 0 Å². The minimum atomic E-state index is -0.793. The summed E-state index contributed by atoms with van der Waals surface area (Å²) in [7, 11) is 0. The highest BCUT2D eigenvalue weighted by atomic mass is 35.5. The van der Waals surface area contributed by atoms with Crippen LogP contribution in [0.25, 0.3) is 16.9 Å². The van der Waals surface area contributed by atoms with Gasteiger partial charge in [-0.2, -0.15) is 10.1 Å². The van der Waals surface area contributed by atoms with Crippen molar-refractivity contribution in [2.45, 2.75) is 6.92 Å². The van der Waals surface area contributed by atoms with Crippen molar-refractivity contribution < 1.29 is 4.52 Å². The SMILES string of the molecule is Cc1nn(-c2ccc(Cl)cc2Cl)c2nc(=O)onc12. The number of halogens is 2. The molecule has 0 N–H and O–H groups in total. The van der Waals surface area contributed by atoms with E-state index < -0.39 is 5.76 Å². The van der Waals surface area contributed by atoms with Crippen molar-refractivity contribution in [1.82, 2.24) is 19.9 Å². The van der Waals surface area contributed by atoms with Gasteiger partial charge in [-0.15, -0.1) is 0 Å². The van der Waals surface area contributed by atoms with Crippen LogP contribution in [-0.4, -0.2) is 19.9 Å². The lowest BCUT2D eigenvalue weighted by Gasteiger charge is -2.04. The van der Waals surface area contributed by atoms with E-state index in [2.05, 4.69) is 19.8 Å². The molecule has 1 aromatic carbocycles. The number of nitrogens with zero attached hydrogens (tertiary/aromatic N) is 4. The van der Waals surface area contributed by atoms with E-state index in [0.717, 1.165) is 0 Å². The molecule has 19 heavy (non-hydrogen) atoms. The number of aryl methyl sites for hydroxylation is 1. The van der Waals surface area contributed by atoms with E-state index in [9.17, 15) is 4.79 Å². The van der Waals surface area contributed by atoms with E-state index in [1.807, 2.05) is 0 Å². The standard InChI is InChI=1S/C11H6Cl2N4O2/c1-5-9-10(14-11(18)19-16-9)17(15-5)8-3-2-6(12)4-7(8)13/h2-4H,1H3. The average Bonchev–Trinajstić information content (AvgIpc) is 2.66. The first-order valence-electron chi connectivity index (χ1n) is 5.25. The zero-order valence-electron chi connectivity index (χ0n) is 9.59. The van der Waals surface area contributed by atoms with Crippen LogP contribution < -0.4 is 5.76 Å². The highest BCUT2D eigenvalue weighted by Crippen LogP contribution is 2.26. The van der Waals surface area contributed by atoms with Crippen LogP contribution in [0.2, 0.25) is 10.0 Å². The van der Waals surface area contributed by atoms with Gasteiger partial charge in [0.25, 0.3) is 0 Å². The Balaban J connectivity index is 2.36. The van der Waals surface area contributed by atoms with E-state index >= 15 is 0 Å². The fraction of sp³-hybridized carbons (Fsp3) is 0.0909. The summed E-state index contributed by atoms with van der Waals surface area (Å²) in [5.74, 6) is -0.793. The van der Waals surface area contributed by atoms with Crippen molar-refractivity contribution >= 4 is 34.4 Å². The molecular formula is C11H6Cl2N4O2. The van der Waals surface area contributed by atoms with Gasteiger partial charge in [0.05, 0.1) is 16.4 Å². The number of rotatable bonds is 1. The Bertz CT molecular complexity index is 840. The summed E-state index contributed by atoms with van der Waals surface area (Å²) < 4.78 is 5.93. The number of hydrogen-bond donors (Lipinski definition) is 0. The summed E-state index contributed by atoms with van der Waals surface area (Å²) in [6.45, 7) is 1.73. The molecule has 3 rings (SSSR count). The summed E-state index contributed by atoms with van der Waals surface area (Å²) in [4.78, 5) is 14.9. The molecule has 0 bridgehead atoms. The van der Waals surface area contributed by atoms with Crippen LogP contribution in [0.4, 0.5) is 0 Å². The minimum absolute atomic E-state index is 0.290. The molecule has 6 nitrogen and oxygen atoms in total. The Kier molecular flexibility index (Phi) is 2.76. The summed E-state index contributed by atoms with van der Waals surface area (Å²) in [5, 5.41) is 8.83. The predicted molar refractivity (Wildman–Crippen MR) is 70.0 cm³/mol. The minimum Gasteiger partial charge on any atom is -0.296 e. The van der Waals surface area contributed by atoms with Gasteiger partial charge in [0.2, 0.25) is 0 Å². The summed E-state index contributed by atoms with van der Waals surface area (Å²) >= 11 is 12.0. The fourth-order valence-electron chi connectivity index (χ4n) is 1.73. The maximum atomic E-state index is 11.2. The zero-order valence-corrected chi connectivity index (χ0v) is 11.1. The smallest absolute Gasteiger partial charge is 0.296 e. The van der Waals surface area contributed by atoms with Gasteiger partial charge in [-0.05, 0) is 25.1 Å². The molecule has 0 amide bonds. The molecule has 3 aromatic rings. The Labute approximate surface area is 116 Å². The largest absolute Gasteiger partial charge is 0.461 e. The lowest BCUT2D eigenvalue weighted by Crippen LogP contribution is -2.08. The van der Waals surface area contributed by atoms with Crippen LogP contribution in [0.15, 0.2) is 27.5 Å². The molecule has 0 spiro atoms. The van der Waals surface area contributed by atoms with Crippen molar-refractivity contribution in [2.24, 2.45) is 0 Å². The topological polar surface area (TPSA) is 73.8 Å². The van der Waals surface area contributed by atoms with E-state index in [-0.39, 0.29) is 5.65 Å². The van der Waals surface area contributed by atoms with Gasteiger partial charge in [-0.1, -0.05) is 28.4 Å². The zero-order chi connectivity index (χ0) is 13.6. The molecule has 8 heteroatoms. The molecular weight excluding hydrogens is 291 g/mol. The highest BCUT2D eigenvalue weighted by Gasteiger charge is 2.15. The first kappa shape index (κ1) is 12.1. The maximum Gasteiger partial charge on any atom is 0.461 e. The first-order chi connectivity index (χ1) is 9.06. The van der Waals surface area contributed by atoms with Gasteiger partial charge >= 0.3 is 5.76 Å². The number of hydrogen-bond acceptors (Lipinski definition) is 5. The first-order valence-corrected chi connectivity index (χ1v) is 6.00. The van der Waals surface area contributed by atoms with Crippen molar-refractivity contribution in [3.05, 3.63) is 44.5 Å². The summed E-state index contributed by atoms with van der Waals surface area (Å²) in [6.07, 6.45) is 0. The molecule has 0 saturated carbocycles. The number of fused-ring (bicyclic) bond motifs is 1. The van der Waals surface area contributed by atoms with Gasteiger partial charge in [-0.3, -0.25) is 4.52 Å². The molecule has 0 saturated heterocycles. The van der Waals surface area contributed by atoms with Crippen molar-refractivity contribution in [1.29, 1.82) is 0 Å². The molecule has 2 aromatic heterocycles. The molecule has 0 fully saturated rings. The Morgan fingerprint density at radius 2 is 2.11 bits per heavy atom. The van der Waals surface area contributed by atoms with Crippen LogP contribution in [0, 0.1) is 6.92 Å². The number of benzene rings is 1. The second-order valence-corrected chi connectivity index (χ2v) is 4.67. The normalized spacial score (nSPS) is 11.1. The van der Waals surface area contributed by atoms with Gasteiger partial charge < -0.3 is 0 Å². The molecule has 2 heterocycles. The fourth-order valence-corrected chi connectivity index (χ4v) is 2.22. The van der Waals surface area contributed by atoms with Crippen LogP contribution >= 0.6 is 23.2 Å². The van der Waals surface area contributed by atoms with Crippen LogP contribution in [0.5, 0.6) is 0 Å². The van der Waals surface area contributed by atoms with Crippen molar-refractivity contribution in [2.75, 3.05) is 0 Å². The third-order valence-corrected chi connectivity index (χ3v) is 3.09. The van der Waals surface area contributed by atoms with E-state index in [4.69, 9.17) is 23.2 Å². The monoisotopic (exact) mass is 296 g/mol. The van der Waals surface area contributed by atoms with Crippen molar-refractivity contribution in [3.8, 4) is 5.69 Å². The lowest BCUT2D eigenvalue weighted by molar-refractivity contribution is 0.363. The van der Waals surface area contributed by atoms with E-state index in [1.54, 1.807) is 25.1 Å². The second-order valence-electron chi connectivity index (χ2n) is 3.83. The molecule has 0 radical (unpaired) electrons. The third kappa shape index (κ3) is 1.98. The summed E-state index contributed by atoms with van der Waals surface area (Å²) in [6, 6.07) is 4.94. The maximum absolute atomic E-state index is 11.2. The quantitative estimate of drug-likeness (QED) is 0.689. The Morgan fingerprint density at radius 3 is 2.84 bits per heavy atom. The summed E-state index contributed by atoms with van der Waals surface area (Å²) in [5.41, 5.74) is 1.84. The van der Waals surface area contributed by atoms with Gasteiger partial charge in [0, 0.05) is 5.02 Å². The van der Waals surface area contributed by atoms with Crippen LogP contribution in [0.1, 0.15) is 5.69 Å². The van der Waals surface area contributed by atoms with Crippen LogP contribution in [-0.2, 0) is 0 Å². The Morgan fingerprint density at radius 1 is 1.32 bits per heavy atom. The van der Waals surface area contributed by atoms with E-state index in [1.165, 1.54) is 4.68 Å². The number of aromatic nitrogens is 4. The molecule has 96 valence electrons. The molecule has 0 unspecified atom stereocenters. The molecule has 0 atom stereocenters. The predicted octanol–water partition coefficient (Wildman–Crippen LogP) is 2.38. The highest BCUT2D eigenvalue weighted by molar-refractivity contribution is 6.35. The average molecular weight is 297 g/mol. The van der Waals surface area contributed by atoms with Crippen molar-refractivity contribution in [3.63, 3.8) is 0 Å². The molecule has 0 aliphatic rings. The third-order valence-electron chi connectivity index (χ3n) is 2.56. The second kappa shape index (κ2) is 4.32. The van der Waals surface area contributed by atoms with Gasteiger partial charge in [0.15, 0.2) is 11.2 Å². The lowest BCUT2D eigenvalue weighted by atomic mass is 10.3. The van der Waals surface area contributed by atoms with Crippen LogP contribution in [0.3, 0.4) is 0 Å². The van der Waals surface area contributed by atoms with E-state index in [0.29, 0.717) is 26.9 Å². The Hall–Kier alpha value is -1.92. The molecule has 0 aliphatic carbocycles. The molecule has 0 aliphatic heterocycles. The van der Waals surface area contributed by atoms with Gasteiger partial charge in [-0.25, -0.2) is 9.48 Å².